The van der Waals surface area contributed by atoms with Gasteiger partial charge in [0.2, 0.25) is 0 Å². The highest BCUT2D eigenvalue weighted by molar-refractivity contribution is 5.86. The molecule has 3 heterocycles. The van der Waals surface area contributed by atoms with Gasteiger partial charge in [-0.2, -0.15) is 0 Å². The summed E-state index contributed by atoms with van der Waals surface area (Å²) in [5, 5.41) is 12.2. The predicted octanol–water partition coefficient (Wildman–Crippen LogP) is 2.61. The van der Waals surface area contributed by atoms with E-state index in [1.54, 1.807) is 4.90 Å². The van der Waals surface area contributed by atoms with Crippen LogP contribution >= 0.6 is 0 Å². The van der Waals surface area contributed by atoms with E-state index in [2.05, 4.69) is 29.6 Å². The number of hydrogen-bond acceptors (Lipinski definition) is 5. The number of alkyl carbamates (subject to hydrolysis) is 1. The van der Waals surface area contributed by atoms with Crippen molar-refractivity contribution in [2.75, 3.05) is 19.8 Å². The molecular formula is C26H26N2O6. The van der Waals surface area contributed by atoms with Gasteiger partial charge in [0.25, 0.3) is 5.91 Å². The van der Waals surface area contributed by atoms with Crippen molar-refractivity contribution in [2.24, 2.45) is 11.8 Å². The molecule has 5 aliphatic rings. The van der Waals surface area contributed by atoms with Gasteiger partial charge in [-0.1, -0.05) is 48.5 Å². The van der Waals surface area contributed by atoms with E-state index < -0.39 is 30.1 Å². The lowest BCUT2D eigenvalue weighted by atomic mass is 9.74. The van der Waals surface area contributed by atoms with E-state index >= 15 is 0 Å². The third-order valence-electron chi connectivity index (χ3n) is 7.85. The monoisotopic (exact) mass is 462 g/mol. The summed E-state index contributed by atoms with van der Waals surface area (Å²) in [7, 11) is 0. The lowest BCUT2D eigenvalue weighted by Crippen LogP contribution is -2.52. The minimum absolute atomic E-state index is 0.0152. The van der Waals surface area contributed by atoms with Crippen molar-refractivity contribution in [1.82, 2.24) is 10.2 Å². The van der Waals surface area contributed by atoms with Gasteiger partial charge in [0, 0.05) is 25.1 Å². The first-order valence-corrected chi connectivity index (χ1v) is 11.8. The number of benzene rings is 2. The van der Waals surface area contributed by atoms with Crippen LogP contribution in [0.3, 0.4) is 0 Å². The van der Waals surface area contributed by atoms with Gasteiger partial charge in [-0.05, 0) is 41.0 Å². The minimum Gasteiger partial charge on any atom is -0.481 e. The number of fused-ring (bicyclic) bond motifs is 4. The Morgan fingerprint density at radius 2 is 1.74 bits per heavy atom. The number of carbonyl (C=O) groups excluding carboxylic acids is 2. The van der Waals surface area contributed by atoms with E-state index in [9.17, 15) is 19.5 Å². The summed E-state index contributed by atoms with van der Waals surface area (Å²) in [5.41, 5.74) is 4.58. The number of rotatable bonds is 5. The van der Waals surface area contributed by atoms with Gasteiger partial charge in [0.15, 0.2) is 6.10 Å². The van der Waals surface area contributed by atoms with Crippen LogP contribution in [-0.2, 0) is 19.1 Å². The van der Waals surface area contributed by atoms with Crippen LogP contribution in [0.2, 0.25) is 0 Å². The molecule has 2 bridgehead atoms. The second kappa shape index (κ2) is 8.13. The standard InChI is InChI=1S/C26H26N2O6/c29-24(28-12-14-11-21(28)22(14)25(30)31)23-20(9-10-33-23)27-26(32)34-13-19-17-7-3-1-5-15(17)16-6-2-4-8-18(16)19/h1-8,14,19-23H,9-13H2,(H,27,32)(H,30,31)/t14?,20-,21?,22?,23+/m1/s1. The van der Waals surface area contributed by atoms with Crippen molar-refractivity contribution in [3.63, 3.8) is 0 Å². The number of nitrogens with one attached hydrogen (secondary N) is 1. The van der Waals surface area contributed by atoms with Crippen LogP contribution in [0.15, 0.2) is 48.5 Å². The maximum atomic E-state index is 13.1. The summed E-state index contributed by atoms with van der Waals surface area (Å²) in [4.78, 5) is 38.9. The zero-order chi connectivity index (χ0) is 23.4. The maximum Gasteiger partial charge on any atom is 0.407 e. The normalized spacial score (nSPS) is 28.7. The molecule has 2 aromatic carbocycles. The van der Waals surface area contributed by atoms with Gasteiger partial charge in [0.1, 0.15) is 6.61 Å². The highest BCUT2D eigenvalue weighted by atomic mass is 16.6. The van der Waals surface area contributed by atoms with Crippen LogP contribution in [0.4, 0.5) is 4.79 Å². The highest BCUT2D eigenvalue weighted by Crippen LogP contribution is 2.47. The van der Waals surface area contributed by atoms with E-state index in [1.165, 1.54) is 0 Å². The molecule has 3 unspecified atom stereocenters. The Balaban J connectivity index is 1.09. The van der Waals surface area contributed by atoms with E-state index in [1.807, 2.05) is 24.3 Å². The molecule has 176 valence electrons. The first-order valence-electron chi connectivity index (χ1n) is 11.8. The van der Waals surface area contributed by atoms with Crippen LogP contribution in [-0.4, -0.2) is 65.9 Å². The fourth-order valence-electron chi connectivity index (χ4n) is 6.17. The van der Waals surface area contributed by atoms with Crippen molar-refractivity contribution in [3.8, 4) is 11.1 Å². The summed E-state index contributed by atoms with van der Waals surface area (Å²) in [5.74, 6) is -1.60. The molecule has 0 spiro atoms. The first kappa shape index (κ1) is 21.2. The van der Waals surface area contributed by atoms with Gasteiger partial charge >= 0.3 is 12.1 Å². The lowest BCUT2D eigenvalue weighted by molar-refractivity contribution is -0.150. The molecule has 4 fully saturated rings. The van der Waals surface area contributed by atoms with E-state index in [4.69, 9.17) is 9.47 Å². The number of hydrogen-bond donors (Lipinski definition) is 2. The molecule has 3 aliphatic heterocycles. The summed E-state index contributed by atoms with van der Waals surface area (Å²) >= 11 is 0. The third kappa shape index (κ3) is 3.27. The molecule has 3 saturated heterocycles. The van der Waals surface area contributed by atoms with Crippen LogP contribution in [0.1, 0.15) is 29.9 Å². The topological polar surface area (TPSA) is 105 Å². The van der Waals surface area contributed by atoms with Gasteiger partial charge in [0.05, 0.1) is 12.0 Å². The summed E-state index contributed by atoms with van der Waals surface area (Å²) in [6.45, 7) is 0.995. The lowest BCUT2D eigenvalue weighted by Gasteiger charge is -2.34. The van der Waals surface area contributed by atoms with Crippen molar-refractivity contribution in [3.05, 3.63) is 59.7 Å². The molecular weight excluding hydrogens is 436 g/mol. The van der Waals surface area contributed by atoms with Crippen molar-refractivity contribution in [2.45, 2.75) is 36.9 Å². The van der Waals surface area contributed by atoms with Crippen LogP contribution in [0.5, 0.6) is 0 Å². The van der Waals surface area contributed by atoms with Crippen molar-refractivity contribution >= 4 is 18.0 Å². The molecule has 2 amide bonds. The fourth-order valence-corrected chi connectivity index (χ4v) is 6.17. The molecule has 7 rings (SSSR count). The molecule has 2 aromatic rings. The van der Waals surface area contributed by atoms with Crippen molar-refractivity contribution in [1.29, 1.82) is 0 Å². The van der Waals surface area contributed by atoms with E-state index in [-0.39, 0.29) is 30.4 Å². The summed E-state index contributed by atoms with van der Waals surface area (Å²) in [6, 6.07) is 15.5. The van der Waals surface area contributed by atoms with Gasteiger partial charge in [-0.3, -0.25) is 9.59 Å². The number of aliphatic carboxylic acids is 1. The zero-order valence-electron chi connectivity index (χ0n) is 18.6. The molecule has 8 nitrogen and oxygen atoms in total. The second-order valence-electron chi connectivity index (χ2n) is 9.57. The molecule has 0 radical (unpaired) electrons. The van der Waals surface area contributed by atoms with Crippen molar-refractivity contribution < 1.29 is 29.0 Å². The largest absolute Gasteiger partial charge is 0.481 e. The Kier molecular flexibility index (Phi) is 5.06. The number of carboxylic acid groups (broad SMARTS) is 1. The highest BCUT2D eigenvalue weighted by Gasteiger charge is 2.58. The summed E-state index contributed by atoms with van der Waals surface area (Å²) < 4.78 is 11.3. The Morgan fingerprint density at radius 1 is 1.06 bits per heavy atom. The third-order valence-corrected chi connectivity index (χ3v) is 7.85. The quantitative estimate of drug-likeness (QED) is 0.708. The predicted molar refractivity (Wildman–Crippen MR) is 121 cm³/mol. The Hall–Kier alpha value is -3.39. The average molecular weight is 463 g/mol. The Morgan fingerprint density at radius 3 is 2.38 bits per heavy atom. The molecule has 0 aromatic heterocycles. The number of carbonyl (C=O) groups is 3. The van der Waals surface area contributed by atoms with E-state index in [0.29, 0.717) is 19.6 Å². The fraction of sp³-hybridized carbons (Fsp3) is 0.423. The first-order chi connectivity index (χ1) is 16.5. The maximum absolute atomic E-state index is 13.1. The molecule has 1 saturated carbocycles. The smallest absolute Gasteiger partial charge is 0.407 e. The van der Waals surface area contributed by atoms with Crippen LogP contribution < -0.4 is 5.32 Å². The molecule has 2 N–H and O–H groups in total. The Labute approximate surface area is 196 Å². The SMILES string of the molecule is O=C(N[C@@H]1CCO[C@@H]1C(=O)N1CC2CC1C2C(=O)O)OCC1c2ccccc2-c2ccccc21. The molecule has 2 aliphatic carbocycles. The average Bonchev–Trinajstić information content (AvgIpc) is 3.59. The number of amides is 2. The van der Waals surface area contributed by atoms with Gasteiger partial charge < -0.3 is 24.8 Å². The van der Waals surface area contributed by atoms with Gasteiger partial charge in [-0.25, -0.2) is 4.79 Å². The van der Waals surface area contributed by atoms with Crippen LogP contribution in [0, 0.1) is 11.8 Å². The number of nitrogens with zero attached hydrogens (tertiary/aromatic N) is 1. The zero-order valence-corrected chi connectivity index (χ0v) is 18.6. The van der Waals surface area contributed by atoms with Crippen LogP contribution in [0.25, 0.3) is 11.1 Å². The Bertz CT molecular complexity index is 1120. The number of ether oxygens (including phenoxy) is 2. The van der Waals surface area contributed by atoms with Gasteiger partial charge in [-0.15, -0.1) is 0 Å². The minimum atomic E-state index is -0.850. The molecule has 8 heteroatoms. The second-order valence-corrected chi connectivity index (χ2v) is 9.57. The molecule has 5 atom stereocenters. The molecule has 34 heavy (non-hydrogen) atoms. The summed E-state index contributed by atoms with van der Waals surface area (Å²) in [6.07, 6.45) is -0.163. The van der Waals surface area contributed by atoms with E-state index in [0.717, 1.165) is 28.7 Å². The number of carboxylic acids is 1.